The van der Waals surface area contributed by atoms with E-state index in [4.69, 9.17) is 9.84 Å². The van der Waals surface area contributed by atoms with Crippen molar-refractivity contribution in [1.29, 1.82) is 0 Å². The molecule has 0 spiro atoms. The van der Waals surface area contributed by atoms with E-state index in [0.717, 1.165) is 0 Å². The Morgan fingerprint density at radius 3 is 2.33 bits per heavy atom. The predicted octanol–water partition coefficient (Wildman–Crippen LogP) is 2.79. The number of carboxylic acid groups (broad SMARTS) is 1. The van der Waals surface area contributed by atoms with E-state index in [1.807, 2.05) is 6.07 Å². The second kappa shape index (κ2) is 6.56. The van der Waals surface area contributed by atoms with Crippen LogP contribution in [0.25, 0.3) is 0 Å². The first-order valence-corrected chi connectivity index (χ1v) is 6.43. The molecule has 2 aromatic carbocycles. The van der Waals surface area contributed by atoms with Gasteiger partial charge in [0.05, 0.1) is 11.3 Å². The third-order valence-corrected chi connectivity index (χ3v) is 2.84. The number of hydrogen-bond acceptors (Lipinski definition) is 3. The number of para-hydroxylation sites is 2. The quantitative estimate of drug-likeness (QED) is 0.885. The Hall–Kier alpha value is -2.82. The fourth-order valence-electron chi connectivity index (χ4n) is 1.77. The Balaban J connectivity index is 2.06. The number of carbonyl (C=O) groups excluding carboxylic acids is 1. The number of hydrogen-bond donors (Lipinski definition) is 2. The lowest BCUT2D eigenvalue weighted by Gasteiger charge is -2.15. The molecule has 0 aliphatic carbocycles. The summed E-state index contributed by atoms with van der Waals surface area (Å²) >= 11 is 0. The van der Waals surface area contributed by atoms with Crippen molar-refractivity contribution in [3.63, 3.8) is 0 Å². The van der Waals surface area contributed by atoms with Gasteiger partial charge < -0.3 is 15.2 Å². The minimum absolute atomic E-state index is 0.0396. The van der Waals surface area contributed by atoms with Crippen LogP contribution in [0.4, 0.5) is 5.69 Å². The standard InChI is InChI=1S/C16H15NO4/c1-11(21-12-7-3-2-4-8-12)15(18)17-14-10-6-5-9-13(14)16(19)20/h2-11H,1H3,(H,17,18)(H,19,20)/t11-/m0/s1. The van der Waals surface area contributed by atoms with Gasteiger partial charge in [-0.3, -0.25) is 4.79 Å². The fourth-order valence-corrected chi connectivity index (χ4v) is 1.77. The molecule has 0 saturated carbocycles. The summed E-state index contributed by atoms with van der Waals surface area (Å²) in [5.41, 5.74) is 0.288. The Morgan fingerprint density at radius 2 is 1.67 bits per heavy atom. The second-order valence-electron chi connectivity index (χ2n) is 4.41. The van der Waals surface area contributed by atoms with Crippen molar-refractivity contribution in [2.75, 3.05) is 5.32 Å². The molecule has 1 amide bonds. The summed E-state index contributed by atoms with van der Waals surface area (Å²) in [5.74, 6) is -0.929. The smallest absolute Gasteiger partial charge is 0.337 e. The summed E-state index contributed by atoms with van der Waals surface area (Å²) in [5, 5.41) is 11.6. The van der Waals surface area contributed by atoms with Gasteiger partial charge in [-0.25, -0.2) is 4.79 Å². The van der Waals surface area contributed by atoms with Crippen molar-refractivity contribution in [2.24, 2.45) is 0 Å². The van der Waals surface area contributed by atoms with Gasteiger partial charge in [0.1, 0.15) is 5.75 Å². The molecule has 2 N–H and O–H groups in total. The summed E-state index contributed by atoms with van der Waals surface area (Å²) in [6.07, 6.45) is -0.741. The van der Waals surface area contributed by atoms with E-state index in [1.54, 1.807) is 43.3 Å². The molecule has 5 nitrogen and oxygen atoms in total. The van der Waals surface area contributed by atoms with Crippen molar-refractivity contribution >= 4 is 17.6 Å². The first-order chi connectivity index (χ1) is 10.1. The van der Waals surface area contributed by atoms with Gasteiger partial charge in [-0.1, -0.05) is 30.3 Å². The number of carboxylic acids is 1. The van der Waals surface area contributed by atoms with E-state index in [9.17, 15) is 9.59 Å². The van der Waals surface area contributed by atoms with Crippen molar-refractivity contribution in [3.8, 4) is 5.75 Å². The van der Waals surface area contributed by atoms with E-state index in [1.165, 1.54) is 12.1 Å². The summed E-state index contributed by atoms with van der Waals surface area (Å²) in [6.45, 7) is 1.60. The molecular formula is C16H15NO4. The van der Waals surface area contributed by atoms with Crippen LogP contribution >= 0.6 is 0 Å². The van der Waals surface area contributed by atoms with Crippen molar-refractivity contribution < 1.29 is 19.4 Å². The Morgan fingerprint density at radius 1 is 1.05 bits per heavy atom. The summed E-state index contributed by atoms with van der Waals surface area (Å²) in [4.78, 5) is 23.1. The lowest BCUT2D eigenvalue weighted by Crippen LogP contribution is -2.30. The average molecular weight is 285 g/mol. The first-order valence-electron chi connectivity index (χ1n) is 6.43. The van der Waals surface area contributed by atoms with Gasteiger partial charge in [0, 0.05) is 0 Å². The van der Waals surface area contributed by atoms with Gasteiger partial charge in [-0.15, -0.1) is 0 Å². The summed E-state index contributed by atoms with van der Waals surface area (Å²) < 4.78 is 5.49. The van der Waals surface area contributed by atoms with Crippen LogP contribution in [-0.4, -0.2) is 23.1 Å². The third-order valence-electron chi connectivity index (χ3n) is 2.84. The molecule has 0 radical (unpaired) electrons. The van der Waals surface area contributed by atoms with Gasteiger partial charge >= 0.3 is 5.97 Å². The maximum Gasteiger partial charge on any atom is 0.337 e. The van der Waals surface area contributed by atoms with Crippen LogP contribution in [0.15, 0.2) is 54.6 Å². The fraction of sp³-hybridized carbons (Fsp3) is 0.125. The van der Waals surface area contributed by atoms with Crippen molar-refractivity contribution in [1.82, 2.24) is 0 Å². The van der Waals surface area contributed by atoms with Crippen LogP contribution in [0.1, 0.15) is 17.3 Å². The van der Waals surface area contributed by atoms with Gasteiger partial charge in [-0.2, -0.15) is 0 Å². The highest BCUT2D eigenvalue weighted by atomic mass is 16.5. The summed E-state index contributed by atoms with van der Waals surface area (Å²) in [7, 11) is 0. The van der Waals surface area contributed by atoms with E-state index in [-0.39, 0.29) is 11.3 Å². The number of ether oxygens (including phenoxy) is 1. The molecule has 1 atom stereocenters. The maximum absolute atomic E-state index is 12.1. The van der Waals surface area contributed by atoms with E-state index < -0.39 is 18.0 Å². The Bertz CT molecular complexity index is 640. The highest BCUT2D eigenvalue weighted by Gasteiger charge is 2.17. The number of anilines is 1. The van der Waals surface area contributed by atoms with Gasteiger partial charge in [0.2, 0.25) is 0 Å². The normalized spacial score (nSPS) is 11.5. The monoisotopic (exact) mass is 285 g/mol. The largest absolute Gasteiger partial charge is 0.481 e. The average Bonchev–Trinajstić information content (AvgIpc) is 2.48. The lowest BCUT2D eigenvalue weighted by molar-refractivity contribution is -0.122. The SMILES string of the molecule is C[C@H](Oc1ccccc1)C(=O)Nc1ccccc1C(=O)O. The Labute approximate surface area is 122 Å². The lowest BCUT2D eigenvalue weighted by atomic mass is 10.1. The number of rotatable bonds is 5. The van der Waals surface area contributed by atoms with Crippen LogP contribution in [0.5, 0.6) is 5.75 Å². The zero-order valence-electron chi connectivity index (χ0n) is 11.4. The molecule has 2 aromatic rings. The molecule has 21 heavy (non-hydrogen) atoms. The molecular weight excluding hydrogens is 270 g/mol. The molecule has 5 heteroatoms. The van der Waals surface area contributed by atoms with Crippen LogP contribution in [-0.2, 0) is 4.79 Å². The molecule has 2 rings (SSSR count). The minimum atomic E-state index is -1.09. The molecule has 0 unspecified atom stereocenters. The highest BCUT2D eigenvalue weighted by Crippen LogP contribution is 2.16. The molecule has 0 aliphatic heterocycles. The minimum Gasteiger partial charge on any atom is -0.481 e. The third kappa shape index (κ3) is 3.82. The number of amides is 1. The zero-order valence-corrected chi connectivity index (χ0v) is 11.4. The van der Waals surface area contributed by atoms with E-state index in [0.29, 0.717) is 5.75 Å². The molecule has 0 bridgehead atoms. The number of aromatic carboxylic acids is 1. The highest BCUT2D eigenvalue weighted by molar-refractivity contribution is 6.01. The molecule has 0 fully saturated rings. The predicted molar refractivity (Wildman–Crippen MR) is 78.6 cm³/mol. The molecule has 0 saturated heterocycles. The Kier molecular flexibility index (Phi) is 4.56. The number of carbonyl (C=O) groups is 2. The number of benzene rings is 2. The van der Waals surface area contributed by atoms with Crippen LogP contribution < -0.4 is 10.1 Å². The summed E-state index contributed by atoms with van der Waals surface area (Å²) in [6, 6.07) is 15.2. The zero-order chi connectivity index (χ0) is 15.2. The van der Waals surface area contributed by atoms with Gasteiger partial charge in [0.15, 0.2) is 6.10 Å². The molecule has 108 valence electrons. The number of nitrogens with one attached hydrogen (secondary N) is 1. The topological polar surface area (TPSA) is 75.6 Å². The van der Waals surface area contributed by atoms with E-state index >= 15 is 0 Å². The first kappa shape index (κ1) is 14.6. The molecule has 0 aliphatic rings. The van der Waals surface area contributed by atoms with Gasteiger partial charge in [0.25, 0.3) is 5.91 Å². The molecule has 0 aromatic heterocycles. The van der Waals surface area contributed by atoms with Gasteiger partial charge in [-0.05, 0) is 31.2 Å². The van der Waals surface area contributed by atoms with Crippen LogP contribution in [0.2, 0.25) is 0 Å². The maximum atomic E-state index is 12.1. The second-order valence-corrected chi connectivity index (χ2v) is 4.41. The van der Waals surface area contributed by atoms with Crippen LogP contribution in [0.3, 0.4) is 0 Å². The van der Waals surface area contributed by atoms with E-state index in [2.05, 4.69) is 5.32 Å². The van der Waals surface area contributed by atoms with Crippen LogP contribution in [0, 0.1) is 0 Å². The molecule has 0 heterocycles. The van der Waals surface area contributed by atoms with Crippen molar-refractivity contribution in [3.05, 3.63) is 60.2 Å². The van der Waals surface area contributed by atoms with Crippen molar-refractivity contribution in [2.45, 2.75) is 13.0 Å².